The Bertz CT molecular complexity index is 952. The maximum absolute atomic E-state index is 13.6. The predicted octanol–water partition coefficient (Wildman–Crippen LogP) is 3.59. The maximum atomic E-state index is 13.6. The van der Waals surface area contributed by atoms with Crippen LogP contribution in [0.2, 0.25) is 25.7 Å². The second-order valence-corrected chi connectivity index (χ2v) is 20.9. The highest BCUT2D eigenvalue weighted by Crippen LogP contribution is 2.40. The minimum absolute atomic E-state index is 0.00654. The topological polar surface area (TPSA) is 122 Å². The van der Waals surface area contributed by atoms with Crippen molar-refractivity contribution in [2.45, 2.75) is 102 Å². The van der Waals surface area contributed by atoms with E-state index < -0.39 is 35.1 Å². The Morgan fingerprint density at radius 3 is 2.22 bits per heavy atom. The molecular formula is C25H45N3O7SSi. The van der Waals surface area contributed by atoms with Crippen molar-refractivity contribution >= 4 is 35.9 Å². The van der Waals surface area contributed by atoms with Gasteiger partial charge in [-0.2, -0.15) is 0 Å². The fourth-order valence-electron chi connectivity index (χ4n) is 5.26. The van der Waals surface area contributed by atoms with Gasteiger partial charge in [-0.15, -0.1) is 0 Å². The van der Waals surface area contributed by atoms with Crippen molar-refractivity contribution in [3.05, 3.63) is 0 Å². The van der Waals surface area contributed by atoms with E-state index in [1.165, 1.54) is 4.90 Å². The molecule has 37 heavy (non-hydrogen) atoms. The highest BCUT2D eigenvalue weighted by molar-refractivity contribution is 7.91. The molecule has 0 bridgehead atoms. The molecule has 12 heteroatoms. The molecule has 4 amide bonds. The third kappa shape index (κ3) is 7.92. The molecule has 10 nitrogen and oxygen atoms in total. The van der Waals surface area contributed by atoms with Crippen molar-refractivity contribution in [1.82, 2.24) is 15.1 Å². The Morgan fingerprint density at radius 2 is 1.68 bits per heavy atom. The van der Waals surface area contributed by atoms with Crippen molar-refractivity contribution in [3.63, 3.8) is 0 Å². The van der Waals surface area contributed by atoms with Crippen LogP contribution >= 0.6 is 0 Å². The zero-order chi connectivity index (χ0) is 27.6. The summed E-state index contributed by atoms with van der Waals surface area (Å²) < 4.78 is 35.5. The van der Waals surface area contributed by atoms with Crippen LogP contribution < -0.4 is 5.32 Å². The quantitative estimate of drug-likeness (QED) is 0.274. The van der Waals surface area contributed by atoms with Crippen LogP contribution in [0.4, 0.5) is 9.59 Å². The number of rotatable bonds is 8. The third-order valence-corrected chi connectivity index (χ3v) is 10.9. The molecular weight excluding hydrogens is 514 g/mol. The van der Waals surface area contributed by atoms with Gasteiger partial charge in [0.15, 0.2) is 9.84 Å². The van der Waals surface area contributed by atoms with Gasteiger partial charge in [0.1, 0.15) is 17.9 Å². The molecule has 1 aliphatic carbocycles. The monoisotopic (exact) mass is 559 g/mol. The zero-order valence-corrected chi connectivity index (χ0v) is 25.1. The third-order valence-electron chi connectivity index (χ3n) is 7.50. The second-order valence-electron chi connectivity index (χ2n) is 13.0. The smallest absolute Gasteiger partial charge is 0.407 e. The van der Waals surface area contributed by atoms with Crippen molar-refractivity contribution < 1.29 is 32.3 Å². The summed E-state index contributed by atoms with van der Waals surface area (Å²) in [7, 11) is -4.54. The van der Waals surface area contributed by atoms with Gasteiger partial charge in [-0.05, 0) is 71.3 Å². The first kappa shape index (κ1) is 29.9. The summed E-state index contributed by atoms with van der Waals surface area (Å²) in [6.07, 6.45) is 2.92. The molecule has 212 valence electrons. The Kier molecular flexibility index (Phi) is 9.06. The number of urea groups is 1. The number of carbonyl (C=O) groups is 3. The van der Waals surface area contributed by atoms with E-state index in [-0.39, 0.29) is 55.0 Å². The Morgan fingerprint density at radius 1 is 1.08 bits per heavy atom. The molecule has 2 saturated heterocycles. The number of sulfone groups is 1. The minimum Gasteiger partial charge on any atom is -0.444 e. The minimum atomic E-state index is -3.22. The number of nitrogens with zero attached hydrogens (tertiary/aromatic N) is 2. The summed E-state index contributed by atoms with van der Waals surface area (Å²) in [5.41, 5.74) is -1.67. The Balaban J connectivity index is 1.64. The van der Waals surface area contributed by atoms with Crippen molar-refractivity contribution in [1.29, 1.82) is 0 Å². The van der Waals surface area contributed by atoms with Crippen LogP contribution in [0, 0.1) is 5.92 Å². The molecule has 2 aliphatic heterocycles. The molecule has 1 N–H and O–H groups in total. The number of imide groups is 1. The number of nitrogens with one attached hydrogen (secondary N) is 1. The van der Waals surface area contributed by atoms with Gasteiger partial charge in [-0.1, -0.05) is 19.6 Å². The lowest BCUT2D eigenvalue weighted by atomic mass is 9.83. The SMILES string of the molecule is CC(C)(C)OC(=O)NC1CCC(CN2C(=O)N(COCC[Si](C)(C)C)C(=O)C23CCS(=O)(=O)CC3)CC1. The van der Waals surface area contributed by atoms with E-state index in [9.17, 15) is 22.8 Å². The van der Waals surface area contributed by atoms with E-state index in [0.717, 1.165) is 31.7 Å². The Hall–Kier alpha value is -1.66. The second kappa shape index (κ2) is 11.2. The van der Waals surface area contributed by atoms with Gasteiger partial charge < -0.3 is 19.7 Å². The van der Waals surface area contributed by atoms with Gasteiger partial charge in [0.05, 0.1) is 11.5 Å². The van der Waals surface area contributed by atoms with Gasteiger partial charge in [-0.25, -0.2) is 22.9 Å². The molecule has 1 spiro atoms. The first-order chi connectivity index (χ1) is 17.0. The largest absolute Gasteiger partial charge is 0.444 e. The summed E-state index contributed by atoms with van der Waals surface area (Å²) in [5.74, 6) is -0.365. The van der Waals surface area contributed by atoms with Gasteiger partial charge in [0.2, 0.25) is 0 Å². The molecule has 0 aromatic heterocycles. The molecule has 0 aromatic rings. The fraction of sp³-hybridized carbons (Fsp3) is 0.880. The summed E-state index contributed by atoms with van der Waals surface area (Å²) in [6, 6.07) is 0.551. The molecule has 0 radical (unpaired) electrons. The highest BCUT2D eigenvalue weighted by atomic mass is 32.2. The van der Waals surface area contributed by atoms with Gasteiger partial charge >= 0.3 is 12.1 Å². The average Bonchev–Trinajstić information content (AvgIpc) is 2.94. The Labute approximate surface area is 222 Å². The van der Waals surface area contributed by atoms with Crippen molar-refractivity contribution in [3.8, 4) is 0 Å². The number of amides is 4. The van der Waals surface area contributed by atoms with Crippen LogP contribution in [-0.2, 0) is 24.1 Å². The molecule has 0 aromatic carbocycles. The molecule has 0 atom stereocenters. The molecule has 3 fully saturated rings. The van der Waals surface area contributed by atoms with E-state index in [1.54, 1.807) is 4.90 Å². The van der Waals surface area contributed by atoms with E-state index in [0.29, 0.717) is 13.2 Å². The van der Waals surface area contributed by atoms with E-state index >= 15 is 0 Å². The zero-order valence-electron chi connectivity index (χ0n) is 23.3. The van der Waals surface area contributed by atoms with Gasteiger partial charge in [0.25, 0.3) is 5.91 Å². The first-order valence-corrected chi connectivity index (χ1v) is 19.0. The van der Waals surface area contributed by atoms with Crippen LogP contribution in [0.25, 0.3) is 0 Å². The summed E-state index contributed by atoms with van der Waals surface area (Å²) >= 11 is 0. The highest BCUT2D eigenvalue weighted by Gasteiger charge is 2.59. The summed E-state index contributed by atoms with van der Waals surface area (Å²) in [4.78, 5) is 42.0. The fourth-order valence-corrected chi connectivity index (χ4v) is 7.52. The number of alkyl carbamates (subject to hydrolysis) is 1. The van der Waals surface area contributed by atoms with E-state index in [1.807, 2.05) is 20.8 Å². The number of ether oxygens (including phenoxy) is 2. The van der Waals surface area contributed by atoms with Gasteiger partial charge in [0, 0.05) is 27.3 Å². The van der Waals surface area contributed by atoms with Crippen LogP contribution in [0.1, 0.15) is 59.3 Å². The van der Waals surface area contributed by atoms with E-state index in [2.05, 4.69) is 25.0 Å². The molecule has 3 aliphatic rings. The summed E-state index contributed by atoms with van der Waals surface area (Å²) in [5, 5.41) is 2.93. The van der Waals surface area contributed by atoms with Gasteiger partial charge in [-0.3, -0.25) is 4.79 Å². The van der Waals surface area contributed by atoms with Crippen LogP contribution in [0.3, 0.4) is 0 Å². The number of hydrogen-bond donors (Lipinski definition) is 1. The lowest BCUT2D eigenvalue weighted by Gasteiger charge is -2.40. The molecule has 2 heterocycles. The van der Waals surface area contributed by atoms with Crippen LogP contribution in [0.15, 0.2) is 0 Å². The lowest BCUT2D eigenvalue weighted by molar-refractivity contribution is -0.137. The first-order valence-electron chi connectivity index (χ1n) is 13.4. The molecule has 0 unspecified atom stereocenters. The average molecular weight is 560 g/mol. The van der Waals surface area contributed by atoms with Crippen LogP contribution in [-0.4, -0.2) is 92.9 Å². The van der Waals surface area contributed by atoms with E-state index in [4.69, 9.17) is 9.47 Å². The molecule has 3 rings (SSSR count). The number of hydrogen-bond acceptors (Lipinski definition) is 7. The standard InChI is InChI=1S/C25H45N3O7SSi/c1-24(2,3)35-22(30)26-20-9-7-19(8-10-20)17-28-23(31)27(18-34-13-16-37(4,5)6)21(29)25(28)11-14-36(32,33)15-12-25/h19-20H,7-18H2,1-6H3,(H,26,30). The van der Waals surface area contributed by atoms with Crippen molar-refractivity contribution in [2.75, 3.05) is 31.4 Å². The predicted molar refractivity (Wildman–Crippen MR) is 144 cm³/mol. The maximum Gasteiger partial charge on any atom is 0.407 e. The number of carbonyl (C=O) groups excluding carboxylic acids is 3. The van der Waals surface area contributed by atoms with Crippen molar-refractivity contribution in [2.24, 2.45) is 5.92 Å². The summed E-state index contributed by atoms with van der Waals surface area (Å²) in [6.45, 7) is 13.0. The van der Waals surface area contributed by atoms with Crippen LogP contribution in [0.5, 0.6) is 0 Å². The normalized spacial score (nSPS) is 26.0. The molecule has 1 saturated carbocycles. The lowest BCUT2D eigenvalue weighted by Crippen LogP contribution is -2.55.